The van der Waals surface area contributed by atoms with Crippen LogP contribution < -0.4 is 10.5 Å². The molecule has 7 heteroatoms. The summed E-state index contributed by atoms with van der Waals surface area (Å²) in [7, 11) is 0. The quantitative estimate of drug-likeness (QED) is 0.939. The van der Waals surface area contributed by atoms with Crippen LogP contribution in [0.25, 0.3) is 0 Å². The Morgan fingerprint density at radius 3 is 2.63 bits per heavy atom. The molecular weight excluding hydrogens is 289 g/mol. The minimum Gasteiger partial charge on any atom is -0.484 e. The van der Waals surface area contributed by atoms with Gasteiger partial charge in [0.05, 0.1) is 15.6 Å². The molecule has 0 unspecified atom stereocenters. The first-order valence-electron chi connectivity index (χ1n) is 5.56. The van der Waals surface area contributed by atoms with Crippen molar-refractivity contribution in [2.75, 3.05) is 0 Å². The third kappa shape index (κ3) is 3.59. The van der Waals surface area contributed by atoms with Crippen LogP contribution in [0.3, 0.4) is 0 Å². The van der Waals surface area contributed by atoms with Crippen molar-refractivity contribution in [2.45, 2.75) is 26.0 Å². The largest absolute Gasteiger partial charge is 0.484 e. The van der Waals surface area contributed by atoms with Crippen molar-refractivity contribution in [3.63, 3.8) is 0 Å². The second-order valence-electron chi connectivity index (χ2n) is 4.60. The molecule has 0 aliphatic carbocycles. The lowest BCUT2D eigenvalue weighted by Gasteiger charge is -2.11. The molecule has 5 nitrogen and oxygen atoms in total. The van der Waals surface area contributed by atoms with Gasteiger partial charge in [0, 0.05) is 6.07 Å². The van der Waals surface area contributed by atoms with E-state index in [4.69, 9.17) is 38.2 Å². The van der Waals surface area contributed by atoms with Crippen LogP contribution in [-0.2, 0) is 12.1 Å². The van der Waals surface area contributed by atoms with Crippen LogP contribution in [0.1, 0.15) is 25.6 Å². The maximum atomic E-state index is 5.88. The van der Waals surface area contributed by atoms with Gasteiger partial charge in [0.2, 0.25) is 0 Å². The number of hydrogen-bond acceptors (Lipinski definition) is 5. The summed E-state index contributed by atoms with van der Waals surface area (Å²) < 4.78 is 10.5. The molecular formula is C12H13Cl2N3O2. The lowest BCUT2D eigenvalue weighted by atomic mass is 10.1. The van der Waals surface area contributed by atoms with E-state index in [2.05, 4.69) is 10.1 Å². The summed E-state index contributed by atoms with van der Waals surface area (Å²) in [6.07, 6.45) is 0. The molecule has 2 rings (SSSR count). The predicted octanol–water partition coefficient (Wildman–Crippen LogP) is 3.15. The first kappa shape index (κ1) is 14.1. The van der Waals surface area contributed by atoms with Gasteiger partial charge in [-0.05, 0) is 26.0 Å². The predicted molar refractivity (Wildman–Crippen MR) is 72.3 cm³/mol. The SMILES string of the molecule is CC(C)(N)c1noc(COc2ccc(Cl)c(Cl)c2)n1. The molecule has 0 bridgehead atoms. The van der Waals surface area contributed by atoms with E-state index < -0.39 is 5.54 Å². The first-order valence-corrected chi connectivity index (χ1v) is 6.31. The Balaban J connectivity index is 2.02. The molecule has 102 valence electrons. The van der Waals surface area contributed by atoms with Crippen molar-refractivity contribution >= 4 is 23.2 Å². The van der Waals surface area contributed by atoms with E-state index >= 15 is 0 Å². The average molecular weight is 302 g/mol. The second kappa shape index (κ2) is 5.36. The van der Waals surface area contributed by atoms with Crippen LogP contribution in [0.5, 0.6) is 5.75 Å². The number of halogens is 2. The monoisotopic (exact) mass is 301 g/mol. The van der Waals surface area contributed by atoms with Gasteiger partial charge in [-0.2, -0.15) is 4.98 Å². The van der Waals surface area contributed by atoms with E-state index in [0.717, 1.165) is 0 Å². The van der Waals surface area contributed by atoms with E-state index in [-0.39, 0.29) is 6.61 Å². The Hall–Kier alpha value is -1.30. The standard InChI is InChI=1S/C12H13Cl2N3O2/c1-12(2,15)11-16-10(19-17-11)6-18-7-3-4-8(13)9(14)5-7/h3-5H,6,15H2,1-2H3. The first-order chi connectivity index (χ1) is 8.86. The summed E-state index contributed by atoms with van der Waals surface area (Å²) in [5, 5.41) is 4.69. The summed E-state index contributed by atoms with van der Waals surface area (Å²) in [5.74, 6) is 1.35. The van der Waals surface area contributed by atoms with Gasteiger partial charge in [0.15, 0.2) is 12.4 Å². The molecule has 0 saturated heterocycles. The molecule has 0 atom stereocenters. The van der Waals surface area contributed by atoms with Gasteiger partial charge in [-0.3, -0.25) is 0 Å². The van der Waals surface area contributed by atoms with Crippen molar-refractivity contribution in [3.05, 3.63) is 40.0 Å². The van der Waals surface area contributed by atoms with E-state index in [9.17, 15) is 0 Å². The number of nitrogens with two attached hydrogens (primary N) is 1. The Morgan fingerprint density at radius 1 is 1.32 bits per heavy atom. The van der Waals surface area contributed by atoms with Crippen molar-refractivity contribution in [1.82, 2.24) is 10.1 Å². The molecule has 1 aromatic carbocycles. The molecule has 19 heavy (non-hydrogen) atoms. The highest BCUT2D eigenvalue weighted by Gasteiger charge is 2.21. The van der Waals surface area contributed by atoms with Gasteiger partial charge in [-0.1, -0.05) is 28.4 Å². The summed E-state index contributed by atoms with van der Waals surface area (Å²) in [6.45, 7) is 3.73. The maximum Gasteiger partial charge on any atom is 0.264 e. The molecule has 0 aliphatic heterocycles. The molecule has 0 aliphatic rings. The van der Waals surface area contributed by atoms with E-state index in [1.54, 1.807) is 32.0 Å². The topological polar surface area (TPSA) is 74.2 Å². The normalized spacial score (nSPS) is 11.6. The van der Waals surface area contributed by atoms with Crippen molar-refractivity contribution < 1.29 is 9.26 Å². The number of nitrogens with zero attached hydrogens (tertiary/aromatic N) is 2. The number of ether oxygens (including phenoxy) is 1. The molecule has 0 fully saturated rings. The average Bonchev–Trinajstić information content (AvgIpc) is 2.79. The molecule has 2 aromatic rings. The van der Waals surface area contributed by atoms with E-state index in [1.165, 1.54) is 0 Å². The molecule has 0 amide bonds. The van der Waals surface area contributed by atoms with Gasteiger partial charge in [0.25, 0.3) is 5.89 Å². The van der Waals surface area contributed by atoms with Crippen molar-refractivity contribution in [3.8, 4) is 5.75 Å². The molecule has 2 N–H and O–H groups in total. The zero-order chi connectivity index (χ0) is 14.0. The van der Waals surface area contributed by atoms with Crippen LogP contribution in [0.4, 0.5) is 0 Å². The number of hydrogen-bond donors (Lipinski definition) is 1. The van der Waals surface area contributed by atoms with Crippen LogP contribution in [0.15, 0.2) is 22.7 Å². The lowest BCUT2D eigenvalue weighted by molar-refractivity contribution is 0.242. The number of rotatable bonds is 4. The van der Waals surface area contributed by atoms with Crippen LogP contribution >= 0.6 is 23.2 Å². The Kier molecular flexibility index (Phi) is 3.99. The minimum absolute atomic E-state index is 0.140. The third-order valence-corrected chi connectivity index (χ3v) is 3.04. The van der Waals surface area contributed by atoms with Gasteiger partial charge in [0.1, 0.15) is 5.75 Å². The maximum absolute atomic E-state index is 5.88. The summed E-state index contributed by atoms with van der Waals surface area (Å²) in [6, 6.07) is 4.98. The Labute approximate surface area is 120 Å². The molecule has 0 spiro atoms. The molecule has 0 radical (unpaired) electrons. The number of benzene rings is 1. The van der Waals surface area contributed by atoms with Crippen molar-refractivity contribution in [2.24, 2.45) is 5.73 Å². The molecule has 0 saturated carbocycles. The zero-order valence-corrected chi connectivity index (χ0v) is 12.0. The highest BCUT2D eigenvalue weighted by molar-refractivity contribution is 6.42. The highest BCUT2D eigenvalue weighted by atomic mass is 35.5. The van der Waals surface area contributed by atoms with Crippen LogP contribution in [0, 0.1) is 0 Å². The summed E-state index contributed by atoms with van der Waals surface area (Å²) >= 11 is 11.7. The van der Waals surface area contributed by atoms with Crippen LogP contribution in [-0.4, -0.2) is 10.1 Å². The van der Waals surface area contributed by atoms with Gasteiger partial charge >= 0.3 is 0 Å². The Bertz CT molecular complexity index is 579. The third-order valence-electron chi connectivity index (χ3n) is 2.30. The number of aromatic nitrogens is 2. The fourth-order valence-corrected chi connectivity index (χ4v) is 1.58. The fourth-order valence-electron chi connectivity index (χ4n) is 1.29. The van der Waals surface area contributed by atoms with Crippen molar-refractivity contribution in [1.29, 1.82) is 0 Å². The second-order valence-corrected chi connectivity index (χ2v) is 5.41. The molecule has 1 heterocycles. The van der Waals surface area contributed by atoms with Gasteiger partial charge < -0.3 is 15.0 Å². The lowest BCUT2D eigenvalue weighted by Crippen LogP contribution is -2.30. The fraction of sp³-hybridized carbons (Fsp3) is 0.333. The smallest absolute Gasteiger partial charge is 0.264 e. The zero-order valence-electron chi connectivity index (χ0n) is 10.5. The van der Waals surface area contributed by atoms with Gasteiger partial charge in [-0.15, -0.1) is 0 Å². The van der Waals surface area contributed by atoms with E-state index in [0.29, 0.717) is 27.5 Å². The highest BCUT2D eigenvalue weighted by Crippen LogP contribution is 2.26. The van der Waals surface area contributed by atoms with E-state index in [1.807, 2.05) is 0 Å². The molecule has 1 aromatic heterocycles. The summed E-state index contributed by atoms with van der Waals surface area (Å²) in [5.41, 5.74) is 5.21. The minimum atomic E-state index is -0.647. The van der Waals surface area contributed by atoms with Crippen LogP contribution in [0.2, 0.25) is 10.0 Å². The summed E-state index contributed by atoms with van der Waals surface area (Å²) in [4.78, 5) is 4.15. The Morgan fingerprint density at radius 2 is 2.05 bits per heavy atom. The van der Waals surface area contributed by atoms with Gasteiger partial charge in [-0.25, -0.2) is 0 Å².